The molecular weight excluding hydrogens is 276 g/mol. The van der Waals surface area contributed by atoms with Gasteiger partial charge in [0.05, 0.1) is 0 Å². The molecule has 0 saturated heterocycles. The molecule has 0 aromatic rings. The van der Waals surface area contributed by atoms with Gasteiger partial charge < -0.3 is 9.84 Å². The zero-order valence-electron chi connectivity index (χ0n) is 14.4. The molecule has 0 bridgehead atoms. The molecule has 3 nitrogen and oxygen atoms in total. The van der Waals surface area contributed by atoms with Crippen LogP contribution in [0, 0.1) is 0 Å². The minimum atomic E-state index is -0.881. The van der Waals surface area contributed by atoms with Crippen molar-refractivity contribution in [2.45, 2.75) is 83.7 Å². The van der Waals surface area contributed by atoms with Crippen LogP contribution < -0.4 is 0 Å². The molecule has 0 radical (unpaired) electrons. The van der Waals surface area contributed by atoms with Gasteiger partial charge in [0.1, 0.15) is 0 Å². The molecule has 1 atom stereocenters. The lowest BCUT2D eigenvalue weighted by molar-refractivity contribution is -0.148. The van der Waals surface area contributed by atoms with Crippen LogP contribution in [0.15, 0.2) is 24.3 Å². The monoisotopic (exact) mass is 310 g/mol. The minimum Gasteiger partial charge on any atom is -0.479 e. The van der Waals surface area contributed by atoms with Gasteiger partial charge in [-0.15, -0.1) is 0 Å². The van der Waals surface area contributed by atoms with Crippen molar-refractivity contribution in [1.29, 1.82) is 0 Å². The number of unbranched alkanes of at least 4 members (excludes halogenated alkanes) is 7. The van der Waals surface area contributed by atoms with Crippen molar-refractivity contribution < 1.29 is 14.6 Å². The Morgan fingerprint density at radius 3 is 2.05 bits per heavy atom. The molecule has 0 aliphatic carbocycles. The highest BCUT2D eigenvalue weighted by molar-refractivity contribution is 5.72. The van der Waals surface area contributed by atoms with E-state index >= 15 is 0 Å². The Hall–Kier alpha value is -1.09. The van der Waals surface area contributed by atoms with E-state index in [0.29, 0.717) is 6.42 Å². The Bertz CT molecular complexity index is 308. The molecule has 0 amide bonds. The standard InChI is InChI=1S/C19H34O3/c1-3-4-5-6-7-8-9-10-11-12-13-14-15-16-17-18(22-2)19(20)21/h10-11,14-15,18H,3-9,12-13,16-17H2,1-2H3,(H,20,21)/b11-10-,15-14-. The van der Waals surface area contributed by atoms with Gasteiger partial charge in [-0.2, -0.15) is 0 Å². The molecule has 1 N–H and O–H groups in total. The molecule has 3 heteroatoms. The predicted octanol–water partition coefficient (Wildman–Crippen LogP) is 5.51. The molecule has 1 unspecified atom stereocenters. The summed E-state index contributed by atoms with van der Waals surface area (Å²) < 4.78 is 4.88. The Labute approximate surface area is 136 Å². The summed E-state index contributed by atoms with van der Waals surface area (Å²) in [6.07, 6.45) is 20.8. The zero-order valence-corrected chi connectivity index (χ0v) is 14.4. The normalized spacial score (nSPS) is 13.2. The van der Waals surface area contributed by atoms with E-state index in [-0.39, 0.29) is 0 Å². The molecule has 0 aromatic heterocycles. The van der Waals surface area contributed by atoms with E-state index in [1.54, 1.807) is 0 Å². The van der Waals surface area contributed by atoms with E-state index in [4.69, 9.17) is 9.84 Å². The summed E-state index contributed by atoms with van der Waals surface area (Å²) in [6, 6.07) is 0. The summed E-state index contributed by atoms with van der Waals surface area (Å²) in [5, 5.41) is 8.82. The number of methoxy groups -OCH3 is 1. The number of aliphatic carboxylic acids is 1. The summed E-state index contributed by atoms with van der Waals surface area (Å²) in [7, 11) is 1.44. The van der Waals surface area contributed by atoms with Gasteiger partial charge in [0.2, 0.25) is 0 Å². The van der Waals surface area contributed by atoms with E-state index in [1.165, 1.54) is 52.1 Å². The van der Waals surface area contributed by atoms with E-state index in [1.807, 2.05) is 0 Å². The summed E-state index contributed by atoms with van der Waals surface area (Å²) in [4.78, 5) is 10.7. The number of hydrogen-bond donors (Lipinski definition) is 1. The van der Waals surface area contributed by atoms with Gasteiger partial charge >= 0.3 is 5.97 Å². The van der Waals surface area contributed by atoms with Gasteiger partial charge in [0.25, 0.3) is 0 Å². The Morgan fingerprint density at radius 1 is 0.909 bits per heavy atom. The number of hydrogen-bond acceptors (Lipinski definition) is 2. The third kappa shape index (κ3) is 13.9. The van der Waals surface area contributed by atoms with Crippen LogP contribution in [0.2, 0.25) is 0 Å². The predicted molar refractivity (Wildman–Crippen MR) is 93.2 cm³/mol. The third-order valence-electron chi connectivity index (χ3n) is 3.71. The average molecular weight is 310 g/mol. The van der Waals surface area contributed by atoms with Crippen LogP contribution in [0.25, 0.3) is 0 Å². The van der Waals surface area contributed by atoms with Gasteiger partial charge in [0.15, 0.2) is 6.10 Å². The number of rotatable bonds is 15. The van der Waals surface area contributed by atoms with Crippen molar-refractivity contribution in [2.75, 3.05) is 7.11 Å². The maximum atomic E-state index is 10.7. The molecule has 0 aliphatic rings. The van der Waals surface area contributed by atoms with Crippen molar-refractivity contribution in [3.05, 3.63) is 24.3 Å². The van der Waals surface area contributed by atoms with Crippen molar-refractivity contribution in [3.63, 3.8) is 0 Å². The van der Waals surface area contributed by atoms with Crippen LogP contribution in [0.5, 0.6) is 0 Å². The molecule has 0 spiro atoms. The van der Waals surface area contributed by atoms with E-state index in [9.17, 15) is 4.79 Å². The van der Waals surface area contributed by atoms with Gasteiger partial charge in [-0.1, -0.05) is 63.3 Å². The lowest BCUT2D eigenvalue weighted by Gasteiger charge is -2.07. The first-order chi connectivity index (χ1) is 10.7. The first kappa shape index (κ1) is 20.9. The second kappa shape index (κ2) is 16.3. The summed E-state index contributed by atoms with van der Waals surface area (Å²) in [6.45, 7) is 2.25. The number of ether oxygens (including phenoxy) is 1. The number of carbonyl (C=O) groups is 1. The Kier molecular flexibility index (Phi) is 15.5. The van der Waals surface area contributed by atoms with Crippen molar-refractivity contribution in [1.82, 2.24) is 0 Å². The summed E-state index contributed by atoms with van der Waals surface area (Å²) in [5.41, 5.74) is 0. The molecule has 0 heterocycles. The number of carboxylic acids is 1. The highest BCUT2D eigenvalue weighted by atomic mass is 16.5. The second-order valence-corrected chi connectivity index (χ2v) is 5.72. The highest BCUT2D eigenvalue weighted by Gasteiger charge is 2.14. The number of carboxylic acid groups (broad SMARTS) is 1. The maximum absolute atomic E-state index is 10.7. The molecular formula is C19H34O3. The first-order valence-electron chi connectivity index (χ1n) is 8.78. The quantitative estimate of drug-likeness (QED) is 0.320. The van der Waals surface area contributed by atoms with Gasteiger partial charge in [0, 0.05) is 7.11 Å². The third-order valence-corrected chi connectivity index (χ3v) is 3.71. The maximum Gasteiger partial charge on any atom is 0.332 e. The fourth-order valence-electron chi connectivity index (χ4n) is 2.30. The van der Waals surface area contributed by atoms with Crippen molar-refractivity contribution in [2.24, 2.45) is 0 Å². The Morgan fingerprint density at radius 2 is 1.45 bits per heavy atom. The van der Waals surface area contributed by atoms with Crippen molar-refractivity contribution >= 4 is 5.97 Å². The average Bonchev–Trinajstić information content (AvgIpc) is 2.51. The number of allylic oxidation sites excluding steroid dienone is 4. The molecule has 128 valence electrons. The van der Waals surface area contributed by atoms with Crippen LogP contribution in [-0.4, -0.2) is 24.3 Å². The van der Waals surface area contributed by atoms with Crippen LogP contribution in [0.1, 0.15) is 77.6 Å². The summed E-state index contributed by atoms with van der Waals surface area (Å²) in [5.74, 6) is -0.881. The van der Waals surface area contributed by atoms with E-state index < -0.39 is 12.1 Å². The second-order valence-electron chi connectivity index (χ2n) is 5.72. The van der Waals surface area contributed by atoms with Gasteiger partial charge in [-0.25, -0.2) is 4.79 Å². The lowest BCUT2D eigenvalue weighted by atomic mass is 10.1. The fourth-order valence-corrected chi connectivity index (χ4v) is 2.30. The topological polar surface area (TPSA) is 46.5 Å². The SMILES string of the molecule is CCCCCCCC/C=C\CC/C=C\CCC(OC)C(=O)O. The minimum absolute atomic E-state index is 0.538. The molecule has 22 heavy (non-hydrogen) atoms. The molecule has 0 fully saturated rings. The Balaban J connectivity index is 3.39. The molecule has 0 saturated carbocycles. The van der Waals surface area contributed by atoms with Gasteiger partial charge in [-0.05, 0) is 38.5 Å². The first-order valence-corrected chi connectivity index (χ1v) is 8.78. The largest absolute Gasteiger partial charge is 0.479 e. The van der Waals surface area contributed by atoms with E-state index in [2.05, 4.69) is 31.2 Å². The van der Waals surface area contributed by atoms with E-state index in [0.717, 1.165) is 19.3 Å². The molecule has 0 aliphatic heterocycles. The zero-order chi connectivity index (χ0) is 16.5. The lowest BCUT2D eigenvalue weighted by Crippen LogP contribution is -2.21. The van der Waals surface area contributed by atoms with Crippen molar-refractivity contribution in [3.8, 4) is 0 Å². The molecule has 0 rings (SSSR count). The van der Waals surface area contributed by atoms with Crippen LogP contribution in [0.4, 0.5) is 0 Å². The summed E-state index contributed by atoms with van der Waals surface area (Å²) >= 11 is 0. The highest BCUT2D eigenvalue weighted by Crippen LogP contribution is 2.08. The van der Waals surface area contributed by atoms with Crippen LogP contribution in [0.3, 0.4) is 0 Å². The van der Waals surface area contributed by atoms with Gasteiger partial charge in [-0.3, -0.25) is 0 Å². The molecule has 0 aromatic carbocycles. The fraction of sp³-hybridized carbons (Fsp3) is 0.737. The smallest absolute Gasteiger partial charge is 0.332 e. The van der Waals surface area contributed by atoms with Crippen LogP contribution in [-0.2, 0) is 9.53 Å². The van der Waals surface area contributed by atoms with Crippen LogP contribution >= 0.6 is 0 Å².